The van der Waals surface area contributed by atoms with Gasteiger partial charge in [-0.1, -0.05) is 83.1 Å². The van der Waals surface area contributed by atoms with Crippen LogP contribution in [0.25, 0.3) is 0 Å². The number of thioether (sulfide) groups is 1. The summed E-state index contributed by atoms with van der Waals surface area (Å²) < 4.78 is 1.92. The van der Waals surface area contributed by atoms with Crippen molar-refractivity contribution >= 4 is 52.2 Å². The SMILES string of the molecule is Cc1ccc(N2C(=O)[C@@H]3[C@@H]4C[C@H]([C@H]5Sc6c(sc(=O)n6Cc6ccccc6)[C@@H](c6ccc(Cl)cc6)[C@H]45)[C@@H]3C2=O)cc1. The number of aromatic nitrogens is 1. The van der Waals surface area contributed by atoms with Gasteiger partial charge in [0.2, 0.25) is 11.8 Å². The van der Waals surface area contributed by atoms with Gasteiger partial charge in [0, 0.05) is 21.1 Å². The quantitative estimate of drug-likeness (QED) is 0.248. The number of benzene rings is 3. The molecule has 1 saturated heterocycles. The number of thiazole rings is 1. The van der Waals surface area contributed by atoms with E-state index >= 15 is 0 Å². The number of carbonyl (C=O) groups is 2. The number of carbonyl (C=O) groups excluding carboxylic acids is 2. The summed E-state index contributed by atoms with van der Waals surface area (Å²) in [4.78, 5) is 44.0. The summed E-state index contributed by atoms with van der Waals surface area (Å²) in [5.74, 6) is -0.407. The highest BCUT2D eigenvalue weighted by atomic mass is 35.5. The second-order valence-electron chi connectivity index (χ2n) is 11.8. The van der Waals surface area contributed by atoms with Crippen molar-refractivity contribution in [3.05, 3.63) is 115 Å². The lowest BCUT2D eigenvalue weighted by Crippen LogP contribution is -2.43. The molecule has 2 saturated carbocycles. The van der Waals surface area contributed by atoms with E-state index < -0.39 is 0 Å². The van der Waals surface area contributed by atoms with Crippen LogP contribution in [0, 0.1) is 36.5 Å². The van der Waals surface area contributed by atoms with E-state index in [2.05, 4.69) is 12.1 Å². The van der Waals surface area contributed by atoms with Crippen LogP contribution in [0.1, 0.15) is 33.9 Å². The van der Waals surface area contributed by atoms with Crippen molar-refractivity contribution in [3.63, 3.8) is 0 Å². The third kappa shape index (κ3) is 3.78. The molecule has 41 heavy (non-hydrogen) atoms. The molecule has 8 rings (SSSR count). The van der Waals surface area contributed by atoms with E-state index in [0.717, 1.165) is 33.0 Å². The molecule has 4 aliphatic rings. The zero-order valence-electron chi connectivity index (χ0n) is 22.3. The maximum Gasteiger partial charge on any atom is 0.308 e. The first-order chi connectivity index (χ1) is 19.9. The molecule has 4 aromatic rings. The largest absolute Gasteiger partial charge is 0.308 e. The number of amides is 2. The van der Waals surface area contributed by atoms with Gasteiger partial charge in [-0.15, -0.1) is 11.8 Å². The number of anilines is 1. The lowest BCUT2D eigenvalue weighted by Gasteiger charge is -2.43. The van der Waals surface area contributed by atoms with Gasteiger partial charge in [-0.3, -0.25) is 23.9 Å². The average Bonchev–Trinajstić information content (AvgIpc) is 3.69. The Labute approximate surface area is 251 Å². The van der Waals surface area contributed by atoms with Crippen molar-refractivity contribution in [3.8, 4) is 0 Å². The number of halogens is 1. The Morgan fingerprint density at radius 1 is 0.854 bits per heavy atom. The van der Waals surface area contributed by atoms with Crippen LogP contribution in [0.15, 0.2) is 88.7 Å². The molecule has 0 spiro atoms. The Morgan fingerprint density at radius 2 is 1.54 bits per heavy atom. The molecular formula is C33H27ClN2O3S2. The van der Waals surface area contributed by atoms with Gasteiger partial charge in [0.1, 0.15) is 0 Å². The Bertz CT molecular complexity index is 1750. The Balaban J connectivity index is 1.23. The van der Waals surface area contributed by atoms with Crippen LogP contribution in [-0.4, -0.2) is 21.6 Å². The number of nitrogens with zero attached hydrogens (tertiary/aromatic N) is 2. The predicted octanol–water partition coefficient (Wildman–Crippen LogP) is 6.60. The van der Waals surface area contributed by atoms with Gasteiger partial charge in [0.05, 0.1) is 29.1 Å². The van der Waals surface area contributed by atoms with E-state index in [1.165, 1.54) is 16.2 Å². The van der Waals surface area contributed by atoms with Crippen molar-refractivity contribution in [1.29, 1.82) is 0 Å². The molecule has 0 radical (unpaired) electrons. The van der Waals surface area contributed by atoms with E-state index in [1.54, 1.807) is 11.8 Å². The summed E-state index contributed by atoms with van der Waals surface area (Å²) in [6.07, 6.45) is 0.874. The summed E-state index contributed by atoms with van der Waals surface area (Å²) in [6.45, 7) is 2.52. The van der Waals surface area contributed by atoms with Gasteiger partial charge in [-0.2, -0.15) is 0 Å². The molecule has 3 aromatic carbocycles. The van der Waals surface area contributed by atoms with Gasteiger partial charge in [0.25, 0.3) is 0 Å². The number of imide groups is 1. The Hall–Kier alpha value is -3.13. The Morgan fingerprint density at radius 3 is 2.24 bits per heavy atom. The molecule has 7 atom stereocenters. The third-order valence-electron chi connectivity index (χ3n) is 9.65. The first kappa shape index (κ1) is 25.6. The molecular weight excluding hydrogens is 572 g/mol. The molecule has 206 valence electrons. The number of rotatable bonds is 4. The maximum atomic E-state index is 14.0. The van der Waals surface area contributed by atoms with E-state index in [4.69, 9.17) is 11.6 Å². The second kappa shape index (κ2) is 9.45. The Kier molecular flexibility index (Phi) is 5.89. The lowest BCUT2D eigenvalue weighted by molar-refractivity contribution is -0.123. The van der Waals surface area contributed by atoms with Crippen molar-refractivity contribution in [2.24, 2.45) is 29.6 Å². The zero-order valence-corrected chi connectivity index (χ0v) is 24.7. The summed E-state index contributed by atoms with van der Waals surface area (Å²) in [5.41, 5.74) is 3.96. The molecule has 0 N–H and O–H groups in total. The number of hydrogen-bond donors (Lipinski definition) is 0. The van der Waals surface area contributed by atoms with Gasteiger partial charge in [0.15, 0.2) is 0 Å². The smallest absolute Gasteiger partial charge is 0.289 e. The first-order valence-electron chi connectivity index (χ1n) is 14.0. The van der Waals surface area contributed by atoms with Crippen molar-refractivity contribution < 1.29 is 9.59 Å². The molecule has 2 aliphatic carbocycles. The zero-order chi connectivity index (χ0) is 28.0. The van der Waals surface area contributed by atoms with Crippen LogP contribution in [0.2, 0.25) is 5.02 Å². The summed E-state index contributed by atoms with van der Waals surface area (Å²) in [5, 5.41) is 1.84. The molecule has 3 fully saturated rings. The van der Waals surface area contributed by atoms with Crippen LogP contribution in [0.3, 0.4) is 0 Å². The van der Waals surface area contributed by atoms with Crippen LogP contribution in [0.4, 0.5) is 5.69 Å². The van der Waals surface area contributed by atoms with E-state index in [1.807, 2.05) is 78.2 Å². The number of aryl methyl sites for hydroxylation is 1. The van der Waals surface area contributed by atoms with Gasteiger partial charge in [-0.25, -0.2) is 0 Å². The third-order valence-corrected chi connectivity index (χ3v) is 12.7. The van der Waals surface area contributed by atoms with E-state index in [9.17, 15) is 14.4 Å². The molecule has 2 amide bonds. The number of fused-ring (bicyclic) bond motifs is 9. The van der Waals surface area contributed by atoms with Crippen molar-refractivity contribution in [1.82, 2.24) is 4.57 Å². The van der Waals surface area contributed by atoms with E-state index in [-0.39, 0.29) is 57.4 Å². The predicted molar refractivity (Wildman–Crippen MR) is 163 cm³/mol. The normalized spacial score (nSPS) is 29.5. The molecule has 3 heterocycles. The van der Waals surface area contributed by atoms with Crippen LogP contribution in [0.5, 0.6) is 0 Å². The fourth-order valence-electron chi connectivity index (χ4n) is 8.01. The molecule has 5 nitrogen and oxygen atoms in total. The van der Waals surface area contributed by atoms with Gasteiger partial charge >= 0.3 is 4.87 Å². The van der Waals surface area contributed by atoms with Crippen molar-refractivity contribution in [2.45, 2.75) is 36.1 Å². The fourth-order valence-corrected chi connectivity index (χ4v) is 11.3. The number of hydrogen-bond acceptors (Lipinski definition) is 5. The average molecular weight is 599 g/mol. The fraction of sp³-hybridized carbons (Fsp3) is 0.303. The first-order valence-corrected chi connectivity index (χ1v) is 16.1. The van der Waals surface area contributed by atoms with Crippen LogP contribution >= 0.6 is 34.7 Å². The minimum absolute atomic E-state index is 0.0180. The van der Waals surface area contributed by atoms with E-state index in [0.29, 0.717) is 17.3 Å². The van der Waals surface area contributed by atoms with Gasteiger partial charge < -0.3 is 0 Å². The summed E-state index contributed by atoms with van der Waals surface area (Å²) >= 11 is 9.41. The summed E-state index contributed by atoms with van der Waals surface area (Å²) in [6, 6.07) is 25.7. The highest BCUT2D eigenvalue weighted by molar-refractivity contribution is 8.00. The molecule has 8 heteroatoms. The van der Waals surface area contributed by atoms with Crippen LogP contribution in [-0.2, 0) is 16.1 Å². The summed E-state index contributed by atoms with van der Waals surface area (Å²) in [7, 11) is 0. The second-order valence-corrected chi connectivity index (χ2v) is 14.4. The maximum absolute atomic E-state index is 14.0. The van der Waals surface area contributed by atoms with Crippen molar-refractivity contribution in [2.75, 3.05) is 4.90 Å². The highest BCUT2D eigenvalue weighted by Crippen LogP contribution is 2.69. The van der Waals surface area contributed by atoms with Gasteiger partial charge in [-0.05, 0) is 66.5 Å². The topological polar surface area (TPSA) is 59.4 Å². The molecule has 1 aromatic heterocycles. The lowest BCUT2D eigenvalue weighted by atomic mass is 9.68. The minimum atomic E-state index is -0.310. The van der Waals surface area contributed by atoms with Crippen LogP contribution < -0.4 is 9.77 Å². The molecule has 2 aliphatic heterocycles. The molecule has 0 unspecified atom stereocenters. The standard InChI is InChI=1S/C33H27ClN2O3S2/c1-17-7-13-21(14-8-17)36-30(37)26-22-15-23(27(26)31(36)38)28-25(22)24(19-9-11-20(34)12-10-19)29-32(40-28)35(33(39)41-29)16-18-5-3-2-4-6-18/h2-14,22-28H,15-16H2,1H3/t22-,23+,24+,25+,26-,27+,28-/m1/s1. The monoisotopic (exact) mass is 598 g/mol. The highest BCUT2D eigenvalue weighted by Gasteiger charge is 2.69. The molecule has 2 bridgehead atoms. The minimum Gasteiger partial charge on any atom is -0.289 e.